The molecule has 2 fully saturated rings. The number of rotatable bonds is 4. The van der Waals surface area contributed by atoms with E-state index in [0.29, 0.717) is 6.42 Å². The average molecular weight is 355 g/mol. The minimum absolute atomic E-state index is 0.0354. The van der Waals surface area contributed by atoms with Gasteiger partial charge in [0.1, 0.15) is 0 Å². The molecule has 0 aromatic carbocycles. The van der Waals surface area contributed by atoms with Crippen molar-refractivity contribution in [3.63, 3.8) is 0 Å². The van der Waals surface area contributed by atoms with Gasteiger partial charge in [0.25, 0.3) is 0 Å². The average Bonchev–Trinajstić information content (AvgIpc) is 3.01. The van der Waals surface area contributed by atoms with Crippen LogP contribution >= 0.6 is 0 Å². The van der Waals surface area contributed by atoms with Gasteiger partial charge in [-0.25, -0.2) is 9.50 Å². The molecule has 140 valence electrons. The summed E-state index contributed by atoms with van der Waals surface area (Å²) in [6.45, 7) is 3.11. The van der Waals surface area contributed by atoms with E-state index in [9.17, 15) is 4.79 Å². The first-order chi connectivity index (χ1) is 12.5. The number of hydrogen-bond acceptors (Lipinski definition) is 4. The molecule has 1 amide bonds. The molecular formula is C20H29N5O. The SMILES string of the molecule is CC1CCC(N)(Cc2cn3nc(C[C@@H]4CCCNC4=O)ccc3n2)CC1. The highest BCUT2D eigenvalue weighted by Crippen LogP contribution is 2.32. The maximum absolute atomic E-state index is 12.0. The van der Waals surface area contributed by atoms with Gasteiger partial charge in [-0.05, 0) is 56.6 Å². The maximum atomic E-state index is 12.0. The highest BCUT2D eigenvalue weighted by molar-refractivity contribution is 5.79. The normalized spacial score (nSPS) is 29.7. The van der Waals surface area contributed by atoms with Crippen molar-refractivity contribution in [3.8, 4) is 0 Å². The van der Waals surface area contributed by atoms with Gasteiger partial charge in [0.05, 0.1) is 17.6 Å². The van der Waals surface area contributed by atoms with E-state index in [1.807, 2.05) is 22.8 Å². The highest BCUT2D eigenvalue weighted by atomic mass is 16.1. The third-order valence-electron chi connectivity index (χ3n) is 6.08. The van der Waals surface area contributed by atoms with Crippen molar-refractivity contribution >= 4 is 11.6 Å². The number of nitrogens with one attached hydrogen (secondary N) is 1. The standard InChI is InChI=1S/C20H29N5O/c1-14-6-8-20(21,9-7-14)12-17-13-25-18(23-17)5-4-16(24-25)11-15-3-2-10-22-19(15)26/h4-5,13-15H,2-3,6-12,21H2,1H3,(H,22,26)/t14?,15-,20?/m0/s1. The van der Waals surface area contributed by atoms with Crippen molar-refractivity contribution in [2.75, 3.05) is 6.54 Å². The lowest BCUT2D eigenvalue weighted by molar-refractivity contribution is -0.126. The zero-order chi connectivity index (χ0) is 18.1. The smallest absolute Gasteiger partial charge is 0.223 e. The van der Waals surface area contributed by atoms with Gasteiger partial charge in [0.2, 0.25) is 5.91 Å². The number of aromatic nitrogens is 3. The minimum Gasteiger partial charge on any atom is -0.356 e. The number of nitrogens with two attached hydrogens (primary N) is 1. The van der Waals surface area contributed by atoms with Crippen molar-refractivity contribution in [3.05, 3.63) is 29.7 Å². The lowest BCUT2D eigenvalue weighted by atomic mass is 9.75. The van der Waals surface area contributed by atoms with Gasteiger partial charge in [0.15, 0.2) is 5.65 Å². The molecule has 3 N–H and O–H groups in total. The Morgan fingerprint density at radius 2 is 2.08 bits per heavy atom. The Hall–Kier alpha value is -1.95. The van der Waals surface area contributed by atoms with Gasteiger partial charge in [-0.1, -0.05) is 6.92 Å². The van der Waals surface area contributed by atoms with E-state index in [-0.39, 0.29) is 17.4 Å². The fourth-order valence-electron chi connectivity index (χ4n) is 4.32. The third-order valence-corrected chi connectivity index (χ3v) is 6.08. The first kappa shape index (κ1) is 17.5. The first-order valence-electron chi connectivity index (χ1n) is 9.92. The number of piperidine rings is 1. The number of fused-ring (bicyclic) bond motifs is 1. The lowest BCUT2D eigenvalue weighted by Crippen LogP contribution is -2.45. The van der Waals surface area contributed by atoms with Crippen LogP contribution in [0.3, 0.4) is 0 Å². The molecule has 0 spiro atoms. The predicted octanol–water partition coefficient (Wildman–Crippen LogP) is 2.25. The molecule has 1 aliphatic carbocycles. The molecule has 2 aliphatic rings. The quantitative estimate of drug-likeness (QED) is 0.881. The molecule has 3 heterocycles. The van der Waals surface area contributed by atoms with Crippen molar-refractivity contribution in [2.24, 2.45) is 17.6 Å². The van der Waals surface area contributed by atoms with Crippen molar-refractivity contribution in [2.45, 2.75) is 63.8 Å². The first-order valence-corrected chi connectivity index (χ1v) is 9.92. The highest BCUT2D eigenvalue weighted by Gasteiger charge is 2.31. The van der Waals surface area contributed by atoms with E-state index in [1.54, 1.807) is 0 Å². The summed E-state index contributed by atoms with van der Waals surface area (Å²) in [6.07, 6.45) is 10.0. The fraction of sp³-hybridized carbons (Fsp3) is 0.650. The molecule has 1 saturated heterocycles. The van der Waals surface area contributed by atoms with Crippen LogP contribution in [0.5, 0.6) is 0 Å². The van der Waals surface area contributed by atoms with Crippen LogP contribution in [-0.4, -0.2) is 32.6 Å². The van der Waals surface area contributed by atoms with Crippen LogP contribution < -0.4 is 11.1 Å². The summed E-state index contributed by atoms with van der Waals surface area (Å²) in [7, 11) is 0. The zero-order valence-corrected chi connectivity index (χ0v) is 15.6. The topological polar surface area (TPSA) is 85.3 Å². The van der Waals surface area contributed by atoms with Crippen LogP contribution in [0.15, 0.2) is 18.3 Å². The summed E-state index contributed by atoms with van der Waals surface area (Å²) in [5.74, 6) is 0.975. The van der Waals surface area contributed by atoms with Gasteiger partial charge in [-0.15, -0.1) is 0 Å². The molecule has 2 aromatic heterocycles. The molecule has 26 heavy (non-hydrogen) atoms. The summed E-state index contributed by atoms with van der Waals surface area (Å²) in [5, 5.41) is 7.63. The van der Waals surface area contributed by atoms with E-state index in [2.05, 4.69) is 17.3 Å². The molecule has 1 atom stereocenters. The molecule has 1 saturated carbocycles. The maximum Gasteiger partial charge on any atom is 0.223 e. The van der Waals surface area contributed by atoms with E-state index in [4.69, 9.17) is 10.7 Å². The summed E-state index contributed by atoms with van der Waals surface area (Å²) in [4.78, 5) is 16.7. The molecule has 0 bridgehead atoms. The lowest BCUT2D eigenvalue weighted by Gasteiger charge is -2.35. The Morgan fingerprint density at radius 1 is 1.27 bits per heavy atom. The fourth-order valence-corrected chi connectivity index (χ4v) is 4.32. The number of hydrogen-bond donors (Lipinski definition) is 2. The van der Waals surface area contributed by atoms with Gasteiger partial charge >= 0.3 is 0 Å². The molecule has 2 aromatic rings. The van der Waals surface area contributed by atoms with Crippen LogP contribution in [0.25, 0.3) is 5.65 Å². The minimum atomic E-state index is -0.131. The van der Waals surface area contributed by atoms with E-state index in [1.165, 1.54) is 12.8 Å². The van der Waals surface area contributed by atoms with Crippen LogP contribution in [-0.2, 0) is 17.6 Å². The monoisotopic (exact) mass is 355 g/mol. The number of amides is 1. The Balaban J connectivity index is 1.48. The van der Waals surface area contributed by atoms with Crippen LogP contribution in [0.4, 0.5) is 0 Å². The second-order valence-electron chi connectivity index (χ2n) is 8.42. The third kappa shape index (κ3) is 3.75. The second kappa shape index (κ2) is 6.99. The van der Waals surface area contributed by atoms with Crippen molar-refractivity contribution < 1.29 is 4.79 Å². The van der Waals surface area contributed by atoms with Gasteiger partial charge in [0, 0.05) is 30.8 Å². The van der Waals surface area contributed by atoms with E-state index >= 15 is 0 Å². The van der Waals surface area contributed by atoms with Gasteiger partial charge < -0.3 is 11.1 Å². The zero-order valence-electron chi connectivity index (χ0n) is 15.6. The number of imidazole rings is 1. The van der Waals surface area contributed by atoms with Crippen molar-refractivity contribution in [1.29, 1.82) is 0 Å². The number of carbonyl (C=O) groups excluding carboxylic acids is 1. The second-order valence-corrected chi connectivity index (χ2v) is 8.42. The van der Waals surface area contributed by atoms with Crippen LogP contribution in [0.1, 0.15) is 56.8 Å². The molecule has 0 unspecified atom stereocenters. The van der Waals surface area contributed by atoms with Crippen LogP contribution in [0, 0.1) is 11.8 Å². The predicted molar refractivity (Wildman–Crippen MR) is 101 cm³/mol. The summed E-state index contributed by atoms with van der Waals surface area (Å²) in [5.41, 5.74) is 9.31. The number of carbonyl (C=O) groups is 1. The molecule has 6 nitrogen and oxygen atoms in total. The van der Waals surface area contributed by atoms with Gasteiger partial charge in [-0.3, -0.25) is 4.79 Å². The van der Waals surface area contributed by atoms with Gasteiger partial charge in [-0.2, -0.15) is 5.10 Å². The molecular weight excluding hydrogens is 326 g/mol. The largest absolute Gasteiger partial charge is 0.356 e. The molecule has 6 heteroatoms. The Labute approximate surface area is 154 Å². The Bertz CT molecular complexity index is 791. The van der Waals surface area contributed by atoms with E-state index < -0.39 is 0 Å². The Morgan fingerprint density at radius 3 is 2.85 bits per heavy atom. The van der Waals surface area contributed by atoms with Crippen LogP contribution in [0.2, 0.25) is 0 Å². The Kier molecular flexibility index (Phi) is 4.69. The molecule has 4 rings (SSSR count). The summed E-state index contributed by atoms with van der Waals surface area (Å²) >= 11 is 0. The van der Waals surface area contributed by atoms with E-state index in [0.717, 1.165) is 61.6 Å². The van der Waals surface area contributed by atoms with Crippen molar-refractivity contribution in [1.82, 2.24) is 19.9 Å². The molecule has 1 aliphatic heterocycles. The summed E-state index contributed by atoms with van der Waals surface area (Å²) in [6, 6.07) is 3.99. The molecule has 0 radical (unpaired) electrons. The summed E-state index contributed by atoms with van der Waals surface area (Å²) < 4.78 is 1.85. The number of nitrogens with zero attached hydrogens (tertiary/aromatic N) is 3.